The second-order valence-corrected chi connectivity index (χ2v) is 2.79. The van der Waals surface area contributed by atoms with Crippen LogP contribution in [0, 0.1) is 0 Å². The summed E-state index contributed by atoms with van der Waals surface area (Å²) < 4.78 is 0. The van der Waals surface area contributed by atoms with Crippen LogP contribution in [0.1, 0.15) is 6.42 Å². The smallest absolute Gasteiger partial charge is 0.322 e. The zero-order valence-electron chi connectivity index (χ0n) is 7.37. The van der Waals surface area contributed by atoms with Gasteiger partial charge in [0.05, 0.1) is 13.0 Å². The van der Waals surface area contributed by atoms with Gasteiger partial charge in [-0.3, -0.25) is 14.9 Å². The molecule has 0 aromatic heterocycles. The molecule has 14 heavy (non-hydrogen) atoms. The SMILES string of the molecule is O=C1CC(C(=O)NCCO)NC(=O)N1. The molecule has 7 nitrogen and oxygen atoms in total. The van der Waals surface area contributed by atoms with Gasteiger partial charge in [-0.05, 0) is 0 Å². The highest BCUT2D eigenvalue weighted by Crippen LogP contribution is 1.97. The standard InChI is InChI=1S/C7H11N3O4/c11-2-1-8-6(13)4-3-5(12)10-7(14)9-4/h4,11H,1-3H2,(H,8,13)(H2,9,10,12,14). The van der Waals surface area contributed by atoms with E-state index in [0.29, 0.717) is 0 Å². The molecule has 0 aromatic rings. The van der Waals surface area contributed by atoms with E-state index in [1.54, 1.807) is 0 Å². The van der Waals surface area contributed by atoms with Crippen molar-refractivity contribution >= 4 is 17.8 Å². The molecule has 1 fully saturated rings. The fraction of sp³-hybridized carbons (Fsp3) is 0.571. The Morgan fingerprint density at radius 1 is 1.57 bits per heavy atom. The lowest BCUT2D eigenvalue weighted by atomic mass is 10.1. The van der Waals surface area contributed by atoms with Crippen LogP contribution in [-0.2, 0) is 9.59 Å². The van der Waals surface area contributed by atoms with E-state index >= 15 is 0 Å². The highest BCUT2D eigenvalue weighted by molar-refractivity contribution is 6.02. The molecule has 0 saturated carbocycles. The first-order valence-electron chi connectivity index (χ1n) is 4.12. The van der Waals surface area contributed by atoms with E-state index in [9.17, 15) is 14.4 Å². The van der Waals surface area contributed by atoms with E-state index in [1.165, 1.54) is 0 Å². The third-order valence-electron chi connectivity index (χ3n) is 1.68. The number of imide groups is 1. The maximum atomic E-state index is 11.2. The Morgan fingerprint density at radius 2 is 2.29 bits per heavy atom. The maximum absolute atomic E-state index is 11.2. The summed E-state index contributed by atoms with van der Waals surface area (Å²) in [7, 11) is 0. The number of hydrogen-bond donors (Lipinski definition) is 4. The molecule has 4 N–H and O–H groups in total. The van der Waals surface area contributed by atoms with Crippen LogP contribution in [0.25, 0.3) is 0 Å². The maximum Gasteiger partial charge on any atom is 0.322 e. The van der Waals surface area contributed by atoms with Gasteiger partial charge >= 0.3 is 6.03 Å². The van der Waals surface area contributed by atoms with Crippen LogP contribution in [0.3, 0.4) is 0 Å². The van der Waals surface area contributed by atoms with Crippen LogP contribution in [0.4, 0.5) is 4.79 Å². The third kappa shape index (κ3) is 2.70. The Kier molecular flexibility index (Phi) is 3.41. The lowest BCUT2D eigenvalue weighted by Gasteiger charge is -2.21. The molecule has 0 radical (unpaired) electrons. The summed E-state index contributed by atoms with van der Waals surface area (Å²) in [6, 6.07) is -1.52. The van der Waals surface area contributed by atoms with Crippen molar-refractivity contribution < 1.29 is 19.5 Å². The molecule has 1 heterocycles. The van der Waals surface area contributed by atoms with Crippen LogP contribution >= 0.6 is 0 Å². The lowest BCUT2D eigenvalue weighted by molar-refractivity contribution is -0.128. The fourth-order valence-corrected chi connectivity index (χ4v) is 1.07. The van der Waals surface area contributed by atoms with Gasteiger partial charge in [0, 0.05) is 6.54 Å². The quantitative estimate of drug-likeness (QED) is 0.411. The van der Waals surface area contributed by atoms with Gasteiger partial charge in [-0.1, -0.05) is 0 Å². The van der Waals surface area contributed by atoms with Gasteiger partial charge < -0.3 is 15.7 Å². The van der Waals surface area contributed by atoms with Crippen molar-refractivity contribution in [3.63, 3.8) is 0 Å². The zero-order chi connectivity index (χ0) is 10.6. The predicted molar refractivity (Wildman–Crippen MR) is 45.2 cm³/mol. The van der Waals surface area contributed by atoms with Gasteiger partial charge in [0.1, 0.15) is 6.04 Å². The zero-order valence-corrected chi connectivity index (χ0v) is 7.37. The molecule has 1 aliphatic heterocycles. The van der Waals surface area contributed by atoms with Gasteiger partial charge in [-0.15, -0.1) is 0 Å². The molecule has 1 aliphatic rings. The fourth-order valence-electron chi connectivity index (χ4n) is 1.07. The van der Waals surface area contributed by atoms with Crippen molar-refractivity contribution in [3.8, 4) is 0 Å². The number of hydrogen-bond acceptors (Lipinski definition) is 4. The first kappa shape index (κ1) is 10.5. The van der Waals surface area contributed by atoms with Crippen molar-refractivity contribution in [1.82, 2.24) is 16.0 Å². The van der Waals surface area contributed by atoms with E-state index in [-0.39, 0.29) is 19.6 Å². The summed E-state index contributed by atoms with van der Waals surface area (Å²) in [6.45, 7) is -0.0780. The largest absolute Gasteiger partial charge is 0.395 e. The number of carbonyl (C=O) groups is 3. The minimum atomic E-state index is -0.845. The monoisotopic (exact) mass is 201 g/mol. The Morgan fingerprint density at radius 3 is 2.86 bits per heavy atom. The average molecular weight is 201 g/mol. The predicted octanol–water partition coefficient (Wildman–Crippen LogP) is -2.31. The molecule has 78 valence electrons. The second kappa shape index (κ2) is 4.56. The second-order valence-electron chi connectivity index (χ2n) is 2.79. The van der Waals surface area contributed by atoms with E-state index in [2.05, 4.69) is 10.6 Å². The molecule has 1 rings (SSSR count). The van der Waals surface area contributed by atoms with Crippen molar-refractivity contribution in [1.29, 1.82) is 0 Å². The third-order valence-corrected chi connectivity index (χ3v) is 1.68. The molecule has 1 atom stereocenters. The Hall–Kier alpha value is -1.63. The van der Waals surface area contributed by atoms with Crippen LogP contribution < -0.4 is 16.0 Å². The number of nitrogens with one attached hydrogen (secondary N) is 3. The summed E-state index contributed by atoms with van der Waals surface area (Å²) in [5, 5.41) is 15.1. The van der Waals surface area contributed by atoms with Gasteiger partial charge in [0.15, 0.2) is 0 Å². The average Bonchev–Trinajstić information content (AvgIpc) is 2.12. The number of aliphatic hydroxyl groups is 1. The van der Waals surface area contributed by atoms with Crippen molar-refractivity contribution in [2.24, 2.45) is 0 Å². The molecular formula is C7H11N3O4. The molecular weight excluding hydrogens is 190 g/mol. The molecule has 0 bridgehead atoms. The van der Waals surface area contributed by atoms with Crippen molar-refractivity contribution in [2.45, 2.75) is 12.5 Å². The molecule has 0 aliphatic carbocycles. The molecule has 4 amide bonds. The van der Waals surface area contributed by atoms with Gasteiger partial charge in [-0.25, -0.2) is 4.79 Å². The summed E-state index contributed by atoms with van der Waals surface area (Å²) >= 11 is 0. The van der Waals surface area contributed by atoms with E-state index in [0.717, 1.165) is 0 Å². The summed E-state index contributed by atoms with van der Waals surface area (Å²) in [6.07, 6.45) is -0.0804. The summed E-state index contributed by atoms with van der Waals surface area (Å²) in [5.41, 5.74) is 0. The Balaban J connectivity index is 2.46. The van der Waals surface area contributed by atoms with E-state index < -0.39 is 23.9 Å². The Labute approximate surface area is 79.9 Å². The van der Waals surface area contributed by atoms with Crippen LogP contribution in [0.5, 0.6) is 0 Å². The van der Waals surface area contributed by atoms with E-state index in [4.69, 9.17) is 5.11 Å². The Bertz CT molecular complexity index is 250. The number of aliphatic hydroxyl groups excluding tert-OH is 1. The summed E-state index contributed by atoms with van der Waals surface area (Å²) in [5.74, 6) is -0.958. The normalized spacial score (nSPS) is 21.1. The summed E-state index contributed by atoms with van der Waals surface area (Å²) in [4.78, 5) is 32.9. The van der Waals surface area contributed by atoms with Crippen LogP contribution in [0.15, 0.2) is 0 Å². The van der Waals surface area contributed by atoms with E-state index in [1.807, 2.05) is 5.32 Å². The highest BCUT2D eigenvalue weighted by Gasteiger charge is 2.28. The van der Waals surface area contributed by atoms with Crippen LogP contribution in [-0.4, -0.2) is 42.1 Å². The van der Waals surface area contributed by atoms with Gasteiger partial charge in [0.25, 0.3) is 0 Å². The minimum Gasteiger partial charge on any atom is -0.395 e. The molecule has 1 saturated heterocycles. The minimum absolute atomic E-state index is 0.0804. The first-order chi connectivity index (χ1) is 6.63. The number of amides is 4. The number of urea groups is 1. The number of rotatable bonds is 3. The number of carbonyl (C=O) groups excluding carboxylic acids is 3. The lowest BCUT2D eigenvalue weighted by Crippen LogP contribution is -2.57. The molecule has 7 heteroatoms. The molecule has 1 unspecified atom stereocenters. The van der Waals surface area contributed by atoms with Crippen molar-refractivity contribution in [3.05, 3.63) is 0 Å². The van der Waals surface area contributed by atoms with Crippen molar-refractivity contribution in [2.75, 3.05) is 13.2 Å². The first-order valence-corrected chi connectivity index (χ1v) is 4.12. The topological polar surface area (TPSA) is 108 Å². The van der Waals surface area contributed by atoms with Crippen LogP contribution in [0.2, 0.25) is 0 Å². The highest BCUT2D eigenvalue weighted by atomic mass is 16.3. The van der Waals surface area contributed by atoms with Gasteiger partial charge in [-0.2, -0.15) is 0 Å². The molecule has 0 aromatic carbocycles. The van der Waals surface area contributed by atoms with Gasteiger partial charge in [0.2, 0.25) is 11.8 Å². The molecule has 0 spiro atoms.